The molecule has 0 bridgehead atoms. The van der Waals surface area contributed by atoms with E-state index in [1.165, 1.54) is 5.56 Å². The Balaban J connectivity index is 2.04. The molecule has 0 aliphatic heterocycles. The van der Waals surface area contributed by atoms with Crippen molar-refractivity contribution in [1.82, 2.24) is 9.97 Å². The summed E-state index contributed by atoms with van der Waals surface area (Å²) in [6.07, 6.45) is 4.28. The number of nitrogens with two attached hydrogens (primary N) is 1. The Hall–Kier alpha value is -1.94. The fourth-order valence-corrected chi connectivity index (χ4v) is 2.00. The average molecular weight is 285 g/mol. The summed E-state index contributed by atoms with van der Waals surface area (Å²) in [5.41, 5.74) is 8.16. The molecule has 0 saturated heterocycles. The van der Waals surface area contributed by atoms with E-state index in [1.807, 2.05) is 19.1 Å². The lowest BCUT2D eigenvalue weighted by Gasteiger charge is -2.18. The number of rotatable bonds is 4. The number of hydrogen-bond acceptors (Lipinski definition) is 4. The Morgan fingerprint density at radius 2 is 1.67 bits per heavy atom. The minimum absolute atomic E-state index is 0.102. The smallest absolute Gasteiger partial charge is 0.321 e. The van der Waals surface area contributed by atoms with Crippen LogP contribution in [0, 0.1) is 0 Å². The van der Waals surface area contributed by atoms with Gasteiger partial charge in [0, 0.05) is 18.4 Å². The third-order valence-electron chi connectivity index (χ3n) is 3.17. The van der Waals surface area contributed by atoms with Gasteiger partial charge in [-0.3, -0.25) is 0 Å². The third-order valence-corrected chi connectivity index (χ3v) is 3.17. The van der Waals surface area contributed by atoms with Gasteiger partial charge in [0.2, 0.25) is 0 Å². The predicted octanol–water partition coefficient (Wildman–Crippen LogP) is 3.46. The molecule has 1 aromatic carbocycles. The van der Waals surface area contributed by atoms with Crippen LogP contribution in [0.15, 0.2) is 36.7 Å². The molecule has 0 spiro atoms. The summed E-state index contributed by atoms with van der Waals surface area (Å²) in [5.74, 6) is 0.739. The zero-order chi connectivity index (χ0) is 15.5. The topological polar surface area (TPSA) is 61.0 Å². The molecule has 4 nitrogen and oxygen atoms in total. The van der Waals surface area contributed by atoms with Crippen molar-refractivity contribution in [2.75, 3.05) is 0 Å². The SMILES string of the molecule is CC(N)Cc1cnc(Oc2ccc(C(C)(C)C)cc2)nc1. The van der Waals surface area contributed by atoms with Crippen LogP contribution < -0.4 is 10.5 Å². The summed E-state index contributed by atoms with van der Waals surface area (Å²) in [5, 5.41) is 0. The van der Waals surface area contributed by atoms with Gasteiger partial charge in [-0.15, -0.1) is 0 Å². The van der Waals surface area contributed by atoms with E-state index >= 15 is 0 Å². The van der Waals surface area contributed by atoms with Gasteiger partial charge in [0.05, 0.1) is 0 Å². The largest absolute Gasteiger partial charge is 0.424 e. The molecular formula is C17H23N3O. The lowest BCUT2D eigenvalue weighted by atomic mass is 9.87. The van der Waals surface area contributed by atoms with Crippen LogP contribution in [0.3, 0.4) is 0 Å². The standard InChI is InChI=1S/C17H23N3O/c1-12(18)9-13-10-19-16(20-11-13)21-15-7-5-14(6-8-15)17(2,3)4/h5-8,10-12H,9,18H2,1-4H3. The Bertz CT molecular complexity index is 568. The van der Waals surface area contributed by atoms with Crippen molar-refractivity contribution in [3.63, 3.8) is 0 Å². The summed E-state index contributed by atoms with van der Waals surface area (Å²) < 4.78 is 5.65. The molecule has 112 valence electrons. The zero-order valence-corrected chi connectivity index (χ0v) is 13.1. The normalized spacial score (nSPS) is 13.0. The van der Waals surface area contributed by atoms with Crippen LogP contribution in [-0.2, 0) is 11.8 Å². The molecule has 1 atom stereocenters. The Morgan fingerprint density at radius 3 is 2.14 bits per heavy atom. The quantitative estimate of drug-likeness (QED) is 0.934. The molecule has 1 heterocycles. The highest BCUT2D eigenvalue weighted by Gasteiger charge is 2.13. The Kier molecular flexibility index (Phi) is 4.58. The Morgan fingerprint density at radius 1 is 1.10 bits per heavy atom. The fourth-order valence-electron chi connectivity index (χ4n) is 2.00. The molecule has 2 aromatic rings. The second-order valence-electron chi connectivity index (χ2n) is 6.43. The molecule has 2 N–H and O–H groups in total. The third kappa shape index (κ3) is 4.53. The molecule has 21 heavy (non-hydrogen) atoms. The van der Waals surface area contributed by atoms with E-state index in [0.717, 1.165) is 17.7 Å². The summed E-state index contributed by atoms with van der Waals surface area (Å²) >= 11 is 0. The first kappa shape index (κ1) is 15.4. The van der Waals surface area contributed by atoms with E-state index in [2.05, 4.69) is 42.9 Å². The van der Waals surface area contributed by atoms with Crippen molar-refractivity contribution in [3.05, 3.63) is 47.8 Å². The lowest BCUT2D eigenvalue weighted by Crippen LogP contribution is -2.17. The van der Waals surface area contributed by atoms with Gasteiger partial charge in [-0.2, -0.15) is 0 Å². The second-order valence-corrected chi connectivity index (χ2v) is 6.43. The highest BCUT2D eigenvalue weighted by molar-refractivity contribution is 5.32. The minimum Gasteiger partial charge on any atom is -0.424 e. The van der Waals surface area contributed by atoms with E-state index < -0.39 is 0 Å². The number of benzene rings is 1. The van der Waals surface area contributed by atoms with E-state index in [4.69, 9.17) is 10.5 Å². The van der Waals surface area contributed by atoms with Crippen LogP contribution >= 0.6 is 0 Å². The highest BCUT2D eigenvalue weighted by atomic mass is 16.5. The van der Waals surface area contributed by atoms with Gasteiger partial charge in [-0.1, -0.05) is 32.9 Å². The van der Waals surface area contributed by atoms with E-state index in [-0.39, 0.29) is 11.5 Å². The highest BCUT2D eigenvalue weighted by Crippen LogP contribution is 2.25. The van der Waals surface area contributed by atoms with Crippen molar-refractivity contribution in [1.29, 1.82) is 0 Å². The number of aromatic nitrogens is 2. The molecule has 0 saturated carbocycles. The average Bonchev–Trinajstić information content (AvgIpc) is 2.40. The molecular weight excluding hydrogens is 262 g/mol. The maximum absolute atomic E-state index is 5.75. The van der Waals surface area contributed by atoms with Crippen LogP contribution in [0.25, 0.3) is 0 Å². The summed E-state index contributed by atoms with van der Waals surface area (Å²) in [6.45, 7) is 8.51. The molecule has 0 radical (unpaired) electrons. The second kappa shape index (κ2) is 6.22. The fraction of sp³-hybridized carbons (Fsp3) is 0.412. The monoisotopic (exact) mass is 285 g/mol. The van der Waals surface area contributed by atoms with Gasteiger partial charge in [-0.05, 0) is 42.0 Å². The molecule has 0 aliphatic carbocycles. The van der Waals surface area contributed by atoms with Gasteiger partial charge in [0.25, 0.3) is 0 Å². The lowest BCUT2D eigenvalue weighted by molar-refractivity contribution is 0.440. The molecule has 0 fully saturated rings. The molecule has 1 aromatic heterocycles. The van der Waals surface area contributed by atoms with Crippen molar-refractivity contribution in [2.45, 2.75) is 45.6 Å². The van der Waals surface area contributed by atoms with Crippen LogP contribution in [-0.4, -0.2) is 16.0 Å². The van der Waals surface area contributed by atoms with Crippen LogP contribution in [0.1, 0.15) is 38.8 Å². The van der Waals surface area contributed by atoms with Gasteiger partial charge in [0.1, 0.15) is 5.75 Å². The van der Waals surface area contributed by atoms with Crippen molar-refractivity contribution in [2.24, 2.45) is 5.73 Å². The Labute approximate surface area is 126 Å². The molecule has 0 aliphatic rings. The van der Waals surface area contributed by atoms with Gasteiger partial charge >= 0.3 is 6.01 Å². The maximum Gasteiger partial charge on any atom is 0.321 e. The molecule has 1 unspecified atom stereocenters. The minimum atomic E-state index is 0.102. The summed E-state index contributed by atoms with van der Waals surface area (Å²) in [7, 11) is 0. The first-order valence-corrected chi connectivity index (χ1v) is 7.19. The van der Waals surface area contributed by atoms with Gasteiger partial charge in [0.15, 0.2) is 0 Å². The predicted molar refractivity (Wildman–Crippen MR) is 84.6 cm³/mol. The van der Waals surface area contributed by atoms with Crippen LogP contribution in [0.2, 0.25) is 0 Å². The van der Waals surface area contributed by atoms with Gasteiger partial charge in [-0.25, -0.2) is 9.97 Å². The van der Waals surface area contributed by atoms with Crippen LogP contribution in [0.4, 0.5) is 0 Å². The molecule has 4 heteroatoms. The van der Waals surface area contributed by atoms with Crippen molar-refractivity contribution < 1.29 is 4.74 Å². The van der Waals surface area contributed by atoms with Crippen molar-refractivity contribution in [3.8, 4) is 11.8 Å². The van der Waals surface area contributed by atoms with Crippen LogP contribution in [0.5, 0.6) is 11.8 Å². The summed E-state index contributed by atoms with van der Waals surface area (Å²) in [6, 6.07) is 8.48. The van der Waals surface area contributed by atoms with E-state index in [0.29, 0.717) is 6.01 Å². The number of hydrogen-bond donors (Lipinski definition) is 1. The first-order valence-electron chi connectivity index (χ1n) is 7.19. The first-order chi connectivity index (χ1) is 9.84. The van der Waals surface area contributed by atoms with Gasteiger partial charge < -0.3 is 10.5 Å². The number of ether oxygens (including phenoxy) is 1. The molecule has 2 rings (SSSR count). The van der Waals surface area contributed by atoms with Crippen molar-refractivity contribution >= 4 is 0 Å². The number of nitrogens with zero attached hydrogens (tertiary/aromatic N) is 2. The summed E-state index contributed by atoms with van der Waals surface area (Å²) in [4.78, 5) is 8.42. The zero-order valence-electron chi connectivity index (χ0n) is 13.1. The molecule has 0 amide bonds. The maximum atomic E-state index is 5.75. The van der Waals surface area contributed by atoms with E-state index in [9.17, 15) is 0 Å². The van der Waals surface area contributed by atoms with E-state index in [1.54, 1.807) is 12.4 Å².